The van der Waals surface area contributed by atoms with Crippen LogP contribution in [0.3, 0.4) is 0 Å². The predicted octanol–water partition coefficient (Wildman–Crippen LogP) is 5.25. The fraction of sp³-hybridized carbons (Fsp3) is 0.545. The smallest absolute Gasteiger partial charge is 0.407 e. The lowest BCUT2D eigenvalue weighted by Crippen LogP contribution is -2.53. The zero-order valence-corrected chi connectivity index (χ0v) is 35.9. The lowest BCUT2D eigenvalue weighted by atomic mass is 9.84. The Morgan fingerprint density at radius 2 is 1.69 bits per heavy atom. The number of benzene rings is 2. The van der Waals surface area contributed by atoms with Crippen molar-refractivity contribution in [2.24, 2.45) is 11.8 Å². The fourth-order valence-corrected chi connectivity index (χ4v) is 7.25. The van der Waals surface area contributed by atoms with Gasteiger partial charge in [-0.25, -0.2) is 14.3 Å². The molecule has 5 rings (SSSR count). The van der Waals surface area contributed by atoms with Crippen LogP contribution in [0.5, 0.6) is 5.75 Å². The molecule has 3 aromatic rings. The van der Waals surface area contributed by atoms with Gasteiger partial charge in [-0.3, -0.25) is 19.2 Å². The number of unbranched alkanes of at least 4 members (excludes halogenated alkanes) is 2. The highest BCUT2D eigenvalue weighted by Gasteiger charge is 2.44. The van der Waals surface area contributed by atoms with E-state index in [0.717, 1.165) is 12.8 Å². The highest BCUT2D eigenvalue weighted by atomic mass is 16.7. The van der Waals surface area contributed by atoms with E-state index >= 15 is 0 Å². The minimum absolute atomic E-state index is 0.0336. The van der Waals surface area contributed by atoms with Gasteiger partial charge in [0.05, 0.1) is 26.5 Å². The van der Waals surface area contributed by atoms with Crippen LogP contribution in [-0.2, 0) is 72.1 Å². The number of methoxy groups -OCH3 is 1. The van der Waals surface area contributed by atoms with Crippen LogP contribution in [-0.4, -0.2) is 101 Å². The molecule has 18 heteroatoms. The fourth-order valence-electron chi connectivity index (χ4n) is 7.25. The Hall–Kier alpha value is -5.88. The number of aromatic nitrogens is 3. The summed E-state index contributed by atoms with van der Waals surface area (Å²) in [6, 6.07) is 15.4. The van der Waals surface area contributed by atoms with Crippen LogP contribution < -0.4 is 10.1 Å². The second-order valence-corrected chi connectivity index (χ2v) is 15.5. The Morgan fingerprint density at radius 3 is 2.40 bits per heavy atom. The summed E-state index contributed by atoms with van der Waals surface area (Å²) in [5.74, 6) is -2.37. The Kier molecular flexibility index (Phi) is 17.8. The minimum atomic E-state index is -0.676. The van der Waals surface area contributed by atoms with Crippen LogP contribution in [0, 0.1) is 11.8 Å². The Morgan fingerprint density at radius 1 is 0.935 bits per heavy atom. The summed E-state index contributed by atoms with van der Waals surface area (Å²) >= 11 is 0. The Labute approximate surface area is 360 Å². The topological polar surface area (TPSA) is 213 Å². The van der Waals surface area contributed by atoms with E-state index in [4.69, 9.17) is 33.3 Å². The lowest BCUT2D eigenvalue weighted by Gasteiger charge is -2.44. The molecule has 3 heterocycles. The van der Waals surface area contributed by atoms with Crippen molar-refractivity contribution in [3.8, 4) is 17.0 Å². The molecule has 0 radical (unpaired) electrons. The van der Waals surface area contributed by atoms with Crippen LogP contribution in [0.2, 0.25) is 0 Å². The largest absolute Gasteiger partial charge is 0.496 e. The van der Waals surface area contributed by atoms with Gasteiger partial charge >= 0.3 is 24.0 Å². The summed E-state index contributed by atoms with van der Waals surface area (Å²) < 4.78 is 36.8. The van der Waals surface area contributed by atoms with Crippen molar-refractivity contribution in [3.05, 3.63) is 65.9 Å². The number of hydrogen-bond donors (Lipinski definition) is 1. The van der Waals surface area contributed by atoms with Gasteiger partial charge in [-0.2, -0.15) is 0 Å². The maximum absolute atomic E-state index is 12.4. The second kappa shape index (κ2) is 23.4. The molecule has 0 bridgehead atoms. The van der Waals surface area contributed by atoms with Gasteiger partial charge in [-0.15, -0.1) is 10.2 Å². The number of hydroxylamine groups is 2. The SMILES string of the molecule is COc1cc(-c2cn(CC3O[C@H](OCC(CCCc4ccccc4)OC(C)=O)C(C)[C@@H](C)[C@H]3OC(C)=O)nn2)ccc1COC(=O)NCCCCCC(=O)ON1C(=O)CCC1=O. The molecule has 2 fully saturated rings. The highest BCUT2D eigenvalue weighted by Crippen LogP contribution is 2.35. The van der Waals surface area contributed by atoms with E-state index in [1.165, 1.54) is 26.5 Å². The van der Waals surface area contributed by atoms with Crippen LogP contribution in [0.25, 0.3) is 11.3 Å². The number of alkyl carbamates (subject to hydrolysis) is 1. The third-order valence-electron chi connectivity index (χ3n) is 10.7. The van der Waals surface area contributed by atoms with Crippen molar-refractivity contribution in [1.29, 1.82) is 0 Å². The quantitative estimate of drug-likeness (QED) is 0.0592. The van der Waals surface area contributed by atoms with Crippen molar-refractivity contribution in [3.63, 3.8) is 0 Å². The van der Waals surface area contributed by atoms with Gasteiger partial charge in [-0.05, 0) is 43.7 Å². The molecule has 0 spiro atoms. The number of rotatable bonds is 22. The average Bonchev–Trinajstić information content (AvgIpc) is 3.85. The number of imide groups is 1. The molecule has 1 aromatic heterocycles. The molecule has 0 aliphatic carbocycles. The normalized spacial score (nSPS) is 20.3. The third-order valence-corrected chi connectivity index (χ3v) is 10.7. The van der Waals surface area contributed by atoms with Crippen molar-refractivity contribution >= 4 is 35.8 Å². The first kappa shape index (κ1) is 47.2. The lowest BCUT2D eigenvalue weighted by molar-refractivity contribution is -0.274. The van der Waals surface area contributed by atoms with Gasteiger partial charge in [0, 0.05) is 62.6 Å². The summed E-state index contributed by atoms with van der Waals surface area (Å²) in [7, 11) is 1.51. The van der Waals surface area contributed by atoms with E-state index in [-0.39, 0.29) is 56.8 Å². The average molecular weight is 864 g/mol. The molecule has 1 N–H and O–H groups in total. The predicted molar refractivity (Wildman–Crippen MR) is 219 cm³/mol. The van der Waals surface area contributed by atoms with E-state index in [9.17, 15) is 28.8 Å². The molecule has 3 amide bonds. The van der Waals surface area contributed by atoms with Gasteiger partial charge in [-0.1, -0.05) is 67.9 Å². The first-order chi connectivity index (χ1) is 29.8. The number of carbonyl (C=O) groups excluding carboxylic acids is 6. The molecule has 2 aliphatic heterocycles. The molecule has 2 aliphatic rings. The van der Waals surface area contributed by atoms with E-state index in [0.29, 0.717) is 59.9 Å². The van der Waals surface area contributed by atoms with Crippen molar-refractivity contribution in [2.75, 3.05) is 20.3 Å². The van der Waals surface area contributed by atoms with Gasteiger partial charge in [0.2, 0.25) is 0 Å². The summed E-state index contributed by atoms with van der Waals surface area (Å²) in [5.41, 5.74) is 3.05. The summed E-state index contributed by atoms with van der Waals surface area (Å²) in [6.45, 7) is 7.28. The van der Waals surface area contributed by atoms with E-state index in [1.54, 1.807) is 29.1 Å². The number of ether oxygens (including phenoxy) is 6. The summed E-state index contributed by atoms with van der Waals surface area (Å²) in [4.78, 5) is 76.5. The molecular weight excluding hydrogens is 807 g/mol. The number of carbonyl (C=O) groups is 6. The number of nitrogens with one attached hydrogen (secondary N) is 1. The first-order valence-electron chi connectivity index (χ1n) is 21.0. The van der Waals surface area contributed by atoms with Crippen LogP contribution in [0.15, 0.2) is 54.7 Å². The van der Waals surface area contributed by atoms with Gasteiger partial charge in [0.1, 0.15) is 36.4 Å². The number of aryl methyl sites for hydroxylation is 1. The number of amides is 3. The van der Waals surface area contributed by atoms with Gasteiger partial charge < -0.3 is 38.6 Å². The van der Waals surface area contributed by atoms with E-state index < -0.39 is 54.4 Å². The van der Waals surface area contributed by atoms with Gasteiger partial charge in [0.15, 0.2) is 6.29 Å². The third kappa shape index (κ3) is 14.1. The first-order valence-corrected chi connectivity index (χ1v) is 21.0. The summed E-state index contributed by atoms with van der Waals surface area (Å²) in [5, 5.41) is 11.9. The maximum Gasteiger partial charge on any atom is 0.407 e. The molecule has 62 heavy (non-hydrogen) atoms. The number of hydrogen-bond acceptors (Lipinski definition) is 15. The highest BCUT2D eigenvalue weighted by molar-refractivity contribution is 6.01. The van der Waals surface area contributed by atoms with Crippen molar-refractivity contribution in [1.82, 2.24) is 25.4 Å². The standard InChI is InChI=1S/C44H57N5O13/c1-28-29(2)43(57-27-35(59-30(3)50)16-12-15-32-13-8-6-9-14-32)61-38(42(28)60-31(4)51)25-48-24-36(46-47-48)33-18-19-34(37(23-33)56-5)26-58-44(55)45-22-11-7-10-17-41(54)62-49-39(52)20-21-40(49)53/h6,8-9,13-14,18-19,23-24,28-29,35,38,42-43H,7,10-12,15-17,20-22,25-27H2,1-5H3,(H,45,55)/t28-,29?,35?,38?,42-,43+/m1/s1. The molecule has 18 nitrogen and oxygen atoms in total. The van der Waals surface area contributed by atoms with Crippen molar-refractivity contribution in [2.45, 2.75) is 123 Å². The maximum atomic E-state index is 12.4. The zero-order chi connectivity index (χ0) is 44.6. The van der Waals surface area contributed by atoms with Gasteiger partial charge in [0.25, 0.3) is 11.8 Å². The van der Waals surface area contributed by atoms with Crippen molar-refractivity contribution < 1.29 is 62.0 Å². The van der Waals surface area contributed by atoms with Crippen LogP contribution in [0.1, 0.15) is 90.2 Å². The molecule has 336 valence electrons. The van der Waals surface area contributed by atoms with Crippen LogP contribution >= 0.6 is 0 Å². The van der Waals surface area contributed by atoms with E-state index in [2.05, 4.69) is 27.8 Å². The number of nitrogens with zero attached hydrogens (tertiary/aromatic N) is 4. The molecule has 3 unspecified atom stereocenters. The Bertz CT molecular complexity index is 1980. The molecule has 0 saturated carbocycles. The summed E-state index contributed by atoms with van der Waals surface area (Å²) in [6.07, 6.45) is 2.73. The molecule has 2 saturated heterocycles. The second-order valence-electron chi connectivity index (χ2n) is 15.5. The zero-order valence-electron chi connectivity index (χ0n) is 35.9. The monoisotopic (exact) mass is 863 g/mol. The molecule has 2 aromatic carbocycles. The van der Waals surface area contributed by atoms with Crippen LogP contribution in [0.4, 0.5) is 4.79 Å². The molecule has 6 atom stereocenters. The number of esters is 2. The molecular formula is C44H57N5O13. The Balaban J connectivity index is 1.11. The van der Waals surface area contributed by atoms with E-state index in [1.807, 2.05) is 32.0 Å². The minimum Gasteiger partial charge on any atom is -0.496 e.